The van der Waals surface area contributed by atoms with Gasteiger partial charge in [0.1, 0.15) is 0 Å². The number of hydrogen-bond acceptors (Lipinski definition) is 10. The molecule has 0 spiro atoms. The second-order valence-electron chi connectivity index (χ2n) is 2.46. The fourth-order valence-electron chi connectivity index (χ4n) is 0. The van der Waals surface area contributed by atoms with E-state index in [1.807, 2.05) is 0 Å². The molecule has 1 radical (unpaired) electrons. The first kappa shape index (κ1) is 49.5. The van der Waals surface area contributed by atoms with Gasteiger partial charge in [0.2, 0.25) is 0 Å². The van der Waals surface area contributed by atoms with Crippen molar-refractivity contribution in [1.82, 2.24) is 12.3 Å². The van der Waals surface area contributed by atoms with Crippen LogP contribution < -0.4 is 37.8 Å². The molecule has 0 saturated carbocycles. The summed E-state index contributed by atoms with van der Waals surface area (Å²) in [5, 5.41) is 44.4. The summed E-state index contributed by atoms with van der Waals surface area (Å²) in [5.74, 6) is -5.42. The molecule has 0 rings (SSSR count). The molecular weight excluding hydrogens is 448 g/mol. The van der Waals surface area contributed by atoms with Crippen LogP contribution in [0.3, 0.4) is 0 Å². The summed E-state index contributed by atoms with van der Waals surface area (Å²) >= 11 is 0. The molecule has 8 N–H and O–H groups in total. The smallest absolute Gasteiger partial charge is 0.550 e. The number of carboxylic acids is 5. The number of quaternary nitrogens is 2. The number of hydrogen-bond donors (Lipinski definition) is 2. The Morgan fingerprint density at radius 2 is 0.435 bits per heavy atom. The van der Waals surface area contributed by atoms with Crippen molar-refractivity contribution in [2.75, 3.05) is 0 Å². The summed E-state index contributed by atoms with van der Waals surface area (Å²) in [6.45, 7) is 4.86. The minimum Gasteiger partial charge on any atom is -0.550 e. The van der Waals surface area contributed by atoms with E-state index < -0.39 is 29.8 Å². The topological polar surface area (TPSA) is 274 Å². The van der Waals surface area contributed by atoms with Gasteiger partial charge >= 0.3 is 41.7 Å². The third-order valence-electron chi connectivity index (χ3n) is 0. The van der Waals surface area contributed by atoms with Gasteiger partial charge in [-0.1, -0.05) is 0 Å². The molecule has 0 aliphatic carbocycles. The van der Waals surface area contributed by atoms with Gasteiger partial charge in [-0.15, -0.1) is 0 Å². The van der Waals surface area contributed by atoms with Crippen LogP contribution in [0.5, 0.6) is 0 Å². The second kappa shape index (κ2) is 42.8. The van der Waals surface area contributed by atoms with E-state index in [0.29, 0.717) is 0 Å². The van der Waals surface area contributed by atoms with Gasteiger partial charge in [-0.05, 0) is 34.6 Å². The molecule has 0 aromatic rings. The predicted octanol–water partition coefficient (Wildman–Crippen LogP) is -5.47. The molecule has 0 saturated heterocycles. The van der Waals surface area contributed by atoms with Crippen LogP contribution >= 0.6 is 0 Å². The maximum atomic E-state index is 8.89. The predicted molar refractivity (Wildman–Crippen MR) is 65.4 cm³/mol. The third kappa shape index (κ3) is 3920. The van der Waals surface area contributed by atoms with Crippen LogP contribution in [0.4, 0.5) is 0 Å². The molecule has 0 aromatic carbocycles. The molecular formula is C10H23CeN2O10. The van der Waals surface area contributed by atoms with Crippen molar-refractivity contribution in [1.29, 1.82) is 0 Å². The van der Waals surface area contributed by atoms with Crippen LogP contribution in [0.1, 0.15) is 34.6 Å². The molecule has 137 valence electrons. The molecule has 23 heavy (non-hydrogen) atoms. The summed E-state index contributed by atoms with van der Waals surface area (Å²) < 4.78 is 0. The van der Waals surface area contributed by atoms with E-state index >= 15 is 0 Å². The number of rotatable bonds is 0. The molecule has 0 aromatic heterocycles. The molecule has 0 aliphatic rings. The molecule has 0 amide bonds. The van der Waals surface area contributed by atoms with Crippen molar-refractivity contribution in [2.24, 2.45) is 0 Å². The molecule has 0 fully saturated rings. The number of carbonyl (C=O) groups excluding carboxylic acids is 5. The zero-order chi connectivity index (χ0) is 17.9. The van der Waals surface area contributed by atoms with E-state index in [2.05, 4.69) is 0 Å². The Balaban J connectivity index is -0.0000000197. The Kier molecular flexibility index (Phi) is 92.2. The Hall–Kier alpha value is -1.35. The van der Waals surface area contributed by atoms with Crippen molar-refractivity contribution in [3.63, 3.8) is 0 Å². The maximum absolute atomic E-state index is 8.89. The zero-order valence-corrected chi connectivity index (χ0v) is 17.2. The van der Waals surface area contributed by atoms with E-state index in [-0.39, 0.29) is 54.0 Å². The van der Waals surface area contributed by atoms with Crippen LogP contribution in [0.2, 0.25) is 0 Å². The third-order valence-corrected chi connectivity index (χ3v) is 0. The average Bonchev–Trinajstić information content (AvgIpc) is 1.94. The molecule has 0 bridgehead atoms. The van der Waals surface area contributed by atoms with Gasteiger partial charge in [0.25, 0.3) is 0 Å². The Labute approximate surface area is 167 Å². The first-order chi connectivity index (χ1) is 8.66. The van der Waals surface area contributed by atoms with Crippen molar-refractivity contribution in [3.05, 3.63) is 0 Å². The van der Waals surface area contributed by atoms with Gasteiger partial charge in [-0.2, -0.15) is 0 Å². The van der Waals surface area contributed by atoms with Crippen LogP contribution in [0, 0.1) is 41.7 Å². The zero-order valence-electron chi connectivity index (χ0n) is 14.1. The van der Waals surface area contributed by atoms with E-state index in [4.69, 9.17) is 49.5 Å². The van der Waals surface area contributed by atoms with Crippen LogP contribution in [0.15, 0.2) is 0 Å². The standard InChI is InChI=1S/5C2H4O2.Ce.2H3N/c5*1-2(3)4;;;/h5*1H3,(H,3,4);;2*1H3/q;;;;;+3;;/p-3. The molecule has 13 heteroatoms. The van der Waals surface area contributed by atoms with E-state index in [9.17, 15) is 0 Å². The van der Waals surface area contributed by atoms with Gasteiger partial charge in [-0.3, -0.25) is 0 Å². The Morgan fingerprint density at radius 3 is 0.435 bits per heavy atom. The second-order valence-corrected chi connectivity index (χ2v) is 2.46. The van der Waals surface area contributed by atoms with Crippen LogP contribution in [0.25, 0.3) is 0 Å². The minimum atomic E-state index is -1.08. The van der Waals surface area contributed by atoms with E-state index in [1.54, 1.807) is 0 Å². The fraction of sp³-hybridized carbons (Fsp3) is 0.500. The van der Waals surface area contributed by atoms with E-state index in [0.717, 1.165) is 34.6 Å². The minimum absolute atomic E-state index is 0. The van der Waals surface area contributed by atoms with Crippen molar-refractivity contribution in [3.8, 4) is 0 Å². The van der Waals surface area contributed by atoms with Gasteiger partial charge < -0.3 is 61.8 Å². The van der Waals surface area contributed by atoms with Gasteiger partial charge in [0.15, 0.2) is 0 Å². The van der Waals surface area contributed by atoms with Gasteiger partial charge in [0.05, 0.1) is 0 Å². The summed E-state index contributed by atoms with van der Waals surface area (Å²) in [6, 6.07) is 0. The number of carbonyl (C=O) groups is 5. The monoisotopic (exact) mass is 471 g/mol. The van der Waals surface area contributed by atoms with Crippen molar-refractivity contribution < 1.29 is 91.3 Å². The molecule has 0 aliphatic heterocycles. The molecule has 0 atom stereocenters. The summed E-state index contributed by atoms with van der Waals surface area (Å²) in [7, 11) is 0. The first-order valence-electron chi connectivity index (χ1n) is 4.54. The molecule has 12 nitrogen and oxygen atoms in total. The summed E-state index contributed by atoms with van der Waals surface area (Å²) in [4.78, 5) is 44.4. The van der Waals surface area contributed by atoms with Crippen molar-refractivity contribution in [2.45, 2.75) is 34.6 Å². The number of aliphatic carboxylic acids is 5. The number of carboxylic acid groups (broad SMARTS) is 5. The SMILES string of the molecule is CC(=O)[O-].CC(=O)[O-].CC(=O)[O-].CC(=O)[O-].CC(=O)[O-].[Ce+3].[NH4+].[NH4+]. The molecule has 0 heterocycles. The van der Waals surface area contributed by atoms with Gasteiger partial charge in [0, 0.05) is 29.8 Å². The molecule has 0 unspecified atom stereocenters. The first-order valence-corrected chi connectivity index (χ1v) is 4.54. The Morgan fingerprint density at radius 1 is 0.435 bits per heavy atom. The van der Waals surface area contributed by atoms with Crippen LogP contribution in [-0.2, 0) is 24.0 Å². The Bertz CT molecular complexity index is 220. The normalized spacial score (nSPS) is 5.43. The maximum Gasteiger partial charge on any atom is 3.00 e. The summed E-state index contributed by atoms with van der Waals surface area (Å²) in [6.07, 6.45) is 0. The summed E-state index contributed by atoms with van der Waals surface area (Å²) in [5.41, 5.74) is 0. The average molecular weight is 471 g/mol. The van der Waals surface area contributed by atoms with Gasteiger partial charge in [-0.25, -0.2) is 0 Å². The van der Waals surface area contributed by atoms with Crippen LogP contribution in [-0.4, -0.2) is 29.8 Å². The largest absolute Gasteiger partial charge is 3.00 e. The van der Waals surface area contributed by atoms with E-state index in [1.165, 1.54) is 0 Å². The quantitative estimate of drug-likeness (QED) is 0.338. The van der Waals surface area contributed by atoms with Crippen molar-refractivity contribution >= 4 is 29.8 Å². The fourth-order valence-corrected chi connectivity index (χ4v) is 0.